The fraction of sp³-hybridized carbons (Fsp3) is 0.143. The summed E-state index contributed by atoms with van der Waals surface area (Å²) in [6, 6.07) is 9.75. The lowest BCUT2D eigenvalue weighted by molar-refractivity contribution is 0.473. The molecule has 2 rings (SSSR count). The number of benzene rings is 2. The largest absolute Gasteiger partial charge is 0.456 e. The minimum atomic E-state index is -0.343. The SMILES string of the molecule is C[C@H](N)c1ccc(Oc2cc(F)ccc2Br)cc1Br. The molecule has 0 aliphatic heterocycles. The van der Waals surface area contributed by atoms with Crippen LogP contribution in [0.2, 0.25) is 0 Å². The molecule has 2 nitrogen and oxygen atoms in total. The number of ether oxygens (including phenoxy) is 1. The van der Waals surface area contributed by atoms with E-state index < -0.39 is 0 Å². The molecule has 0 radical (unpaired) electrons. The van der Waals surface area contributed by atoms with E-state index in [4.69, 9.17) is 10.5 Å². The molecular weight excluding hydrogens is 377 g/mol. The number of nitrogens with two attached hydrogens (primary N) is 1. The Kier molecular flexibility index (Phi) is 4.60. The third-order valence-electron chi connectivity index (χ3n) is 2.58. The van der Waals surface area contributed by atoms with Crippen LogP contribution in [0.25, 0.3) is 0 Å². The van der Waals surface area contributed by atoms with Crippen LogP contribution in [0, 0.1) is 5.82 Å². The molecule has 0 heterocycles. The molecule has 19 heavy (non-hydrogen) atoms. The summed E-state index contributed by atoms with van der Waals surface area (Å²) in [5.74, 6) is 0.701. The molecule has 5 heteroatoms. The number of rotatable bonds is 3. The first-order valence-corrected chi connectivity index (χ1v) is 7.24. The van der Waals surface area contributed by atoms with Crippen molar-refractivity contribution in [2.45, 2.75) is 13.0 Å². The molecule has 2 N–H and O–H groups in total. The van der Waals surface area contributed by atoms with Gasteiger partial charge in [-0.2, -0.15) is 0 Å². The molecule has 0 amide bonds. The summed E-state index contributed by atoms with van der Waals surface area (Å²) >= 11 is 6.77. The van der Waals surface area contributed by atoms with Crippen LogP contribution in [0.1, 0.15) is 18.5 Å². The predicted octanol–water partition coefficient (Wildman–Crippen LogP) is 5.16. The van der Waals surface area contributed by atoms with Crippen molar-refractivity contribution >= 4 is 31.9 Å². The molecule has 0 aromatic heterocycles. The molecule has 0 spiro atoms. The minimum absolute atomic E-state index is 0.0654. The van der Waals surface area contributed by atoms with Crippen LogP contribution in [-0.2, 0) is 0 Å². The number of hydrogen-bond acceptors (Lipinski definition) is 2. The molecule has 0 fully saturated rings. The van der Waals surface area contributed by atoms with E-state index in [-0.39, 0.29) is 11.9 Å². The van der Waals surface area contributed by atoms with E-state index in [9.17, 15) is 4.39 Å². The fourth-order valence-electron chi connectivity index (χ4n) is 1.62. The van der Waals surface area contributed by atoms with Crippen LogP contribution >= 0.6 is 31.9 Å². The van der Waals surface area contributed by atoms with Gasteiger partial charge in [0.1, 0.15) is 17.3 Å². The van der Waals surface area contributed by atoms with E-state index >= 15 is 0 Å². The van der Waals surface area contributed by atoms with Crippen molar-refractivity contribution in [1.29, 1.82) is 0 Å². The van der Waals surface area contributed by atoms with Crippen molar-refractivity contribution in [3.05, 3.63) is 56.7 Å². The van der Waals surface area contributed by atoms with Crippen LogP contribution < -0.4 is 10.5 Å². The lowest BCUT2D eigenvalue weighted by Crippen LogP contribution is -2.05. The van der Waals surface area contributed by atoms with E-state index in [1.165, 1.54) is 12.1 Å². The summed E-state index contributed by atoms with van der Waals surface area (Å²) in [6.45, 7) is 1.91. The zero-order valence-electron chi connectivity index (χ0n) is 10.2. The van der Waals surface area contributed by atoms with Gasteiger partial charge in [0.25, 0.3) is 0 Å². The normalized spacial score (nSPS) is 12.3. The molecule has 0 aliphatic carbocycles. The maximum absolute atomic E-state index is 13.2. The van der Waals surface area contributed by atoms with Gasteiger partial charge in [0.05, 0.1) is 4.47 Å². The van der Waals surface area contributed by atoms with E-state index in [1.807, 2.05) is 19.1 Å². The summed E-state index contributed by atoms with van der Waals surface area (Å²) in [5.41, 5.74) is 6.82. The second kappa shape index (κ2) is 6.03. The molecule has 0 bridgehead atoms. The quantitative estimate of drug-likeness (QED) is 0.787. The molecular formula is C14H12Br2FNO. The van der Waals surface area contributed by atoms with Gasteiger partial charge < -0.3 is 10.5 Å². The topological polar surface area (TPSA) is 35.2 Å². The van der Waals surface area contributed by atoms with Crippen LogP contribution in [0.3, 0.4) is 0 Å². The van der Waals surface area contributed by atoms with Gasteiger partial charge in [-0.25, -0.2) is 4.39 Å². The van der Waals surface area contributed by atoms with E-state index in [0.717, 1.165) is 10.0 Å². The average Bonchev–Trinajstić information content (AvgIpc) is 2.33. The van der Waals surface area contributed by atoms with Crippen LogP contribution in [-0.4, -0.2) is 0 Å². The average molecular weight is 389 g/mol. The van der Waals surface area contributed by atoms with E-state index in [1.54, 1.807) is 12.1 Å². The molecule has 1 atom stereocenters. The molecule has 0 unspecified atom stereocenters. The Bertz CT molecular complexity index is 602. The van der Waals surface area contributed by atoms with Crippen molar-refractivity contribution in [3.63, 3.8) is 0 Å². The summed E-state index contributed by atoms with van der Waals surface area (Å²) in [6.07, 6.45) is 0. The second-order valence-corrected chi connectivity index (χ2v) is 5.86. The van der Waals surface area contributed by atoms with Crippen molar-refractivity contribution in [2.75, 3.05) is 0 Å². The molecule has 100 valence electrons. The van der Waals surface area contributed by atoms with Gasteiger partial charge in [0, 0.05) is 16.6 Å². The highest BCUT2D eigenvalue weighted by Crippen LogP contribution is 2.33. The van der Waals surface area contributed by atoms with E-state index in [0.29, 0.717) is 16.0 Å². The molecule has 0 aliphatic rings. The van der Waals surface area contributed by atoms with Crippen molar-refractivity contribution in [2.24, 2.45) is 5.73 Å². The monoisotopic (exact) mass is 387 g/mol. The van der Waals surface area contributed by atoms with Gasteiger partial charge in [-0.3, -0.25) is 0 Å². The first-order chi connectivity index (χ1) is 8.97. The lowest BCUT2D eigenvalue weighted by atomic mass is 10.1. The van der Waals surface area contributed by atoms with Crippen LogP contribution in [0.5, 0.6) is 11.5 Å². The van der Waals surface area contributed by atoms with Crippen molar-refractivity contribution in [3.8, 4) is 11.5 Å². The van der Waals surface area contributed by atoms with Gasteiger partial charge in [-0.1, -0.05) is 22.0 Å². The first kappa shape index (κ1) is 14.5. The zero-order chi connectivity index (χ0) is 14.0. The van der Waals surface area contributed by atoms with Crippen molar-refractivity contribution < 1.29 is 9.13 Å². The predicted molar refractivity (Wildman–Crippen MR) is 80.9 cm³/mol. The standard InChI is InChI=1S/C14H12Br2FNO/c1-8(18)11-4-3-10(7-13(11)16)19-14-6-9(17)2-5-12(14)15/h2-8H,18H2,1H3/t8-/m0/s1. The Labute approximate surface area is 128 Å². The summed E-state index contributed by atoms with van der Waals surface area (Å²) in [7, 11) is 0. The highest BCUT2D eigenvalue weighted by molar-refractivity contribution is 9.10. The van der Waals surface area contributed by atoms with Crippen LogP contribution in [0.15, 0.2) is 45.3 Å². The Morgan fingerprint density at radius 3 is 2.47 bits per heavy atom. The smallest absolute Gasteiger partial charge is 0.144 e. The van der Waals surface area contributed by atoms with Crippen molar-refractivity contribution in [1.82, 2.24) is 0 Å². The fourth-order valence-corrected chi connectivity index (χ4v) is 2.67. The van der Waals surface area contributed by atoms with Gasteiger partial charge in [0.2, 0.25) is 0 Å². The third-order valence-corrected chi connectivity index (χ3v) is 3.93. The summed E-state index contributed by atoms with van der Waals surface area (Å²) in [5, 5.41) is 0. The Morgan fingerprint density at radius 2 is 1.84 bits per heavy atom. The molecule has 0 saturated carbocycles. The highest BCUT2D eigenvalue weighted by Gasteiger charge is 2.09. The Morgan fingerprint density at radius 1 is 1.11 bits per heavy atom. The third kappa shape index (κ3) is 3.55. The van der Waals surface area contributed by atoms with Gasteiger partial charge in [-0.05, 0) is 52.7 Å². The first-order valence-electron chi connectivity index (χ1n) is 5.65. The maximum atomic E-state index is 13.2. The zero-order valence-corrected chi connectivity index (χ0v) is 13.3. The Balaban J connectivity index is 2.29. The highest BCUT2D eigenvalue weighted by atomic mass is 79.9. The van der Waals surface area contributed by atoms with Gasteiger partial charge in [-0.15, -0.1) is 0 Å². The lowest BCUT2D eigenvalue weighted by Gasteiger charge is -2.12. The van der Waals surface area contributed by atoms with Gasteiger partial charge >= 0.3 is 0 Å². The molecule has 0 saturated heterocycles. The molecule has 2 aromatic carbocycles. The Hall–Kier alpha value is -0.910. The second-order valence-electron chi connectivity index (χ2n) is 4.15. The summed E-state index contributed by atoms with van der Waals surface area (Å²) < 4.78 is 20.4. The minimum Gasteiger partial charge on any atom is -0.456 e. The number of hydrogen-bond donors (Lipinski definition) is 1. The van der Waals surface area contributed by atoms with E-state index in [2.05, 4.69) is 31.9 Å². The maximum Gasteiger partial charge on any atom is 0.144 e. The molecule has 2 aromatic rings. The number of halogens is 3. The van der Waals surface area contributed by atoms with Crippen LogP contribution in [0.4, 0.5) is 4.39 Å². The van der Waals surface area contributed by atoms with Gasteiger partial charge in [0.15, 0.2) is 0 Å². The summed E-state index contributed by atoms with van der Waals surface area (Å²) in [4.78, 5) is 0.